The molecule has 9 heteroatoms. The first kappa shape index (κ1) is 30.7. The van der Waals surface area contributed by atoms with Crippen LogP contribution in [0.1, 0.15) is 54.0 Å². The number of aliphatic hydroxyl groups is 1. The number of amides is 1. The van der Waals surface area contributed by atoms with Crippen molar-refractivity contribution in [3.05, 3.63) is 98.9 Å². The predicted octanol–water partition coefficient (Wildman–Crippen LogP) is 6.20. The van der Waals surface area contributed by atoms with Crippen LogP contribution in [-0.4, -0.2) is 66.7 Å². The van der Waals surface area contributed by atoms with Crippen LogP contribution >= 0.6 is 23.2 Å². The van der Waals surface area contributed by atoms with E-state index in [1.807, 2.05) is 54.1 Å². The van der Waals surface area contributed by atoms with E-state index in [0.29, 0.717) is 46.9 Å². The molecule has 1 atom stereocenters. The van der Waals surface area contributed by atoms with Gasteiger partial charge in [0.15, 0.2) is 0 Å². The summed E-state index contributed by atoms with van der Waals surface area (Å²) < 4.78 is 2.03. The number of rotatable bonds is 12. The number of nitrogens with zero attached hydrogens (tertiary/aromatic N) is 4. The number of hydrogen-bond acceptors (Lipinski definition) is 5. The number of piperidine rings is 1. The van der Waals surface area contributed by atoms with E-state index >= 15 is 0 Å². The van der Waals surface area contributed by atoms with Crippen molar-refractivity contribution in [3.8, 4) is 0 Å². The van der Waals surface area contributed by atoms with Crippen LogP contribution < -0.4 is 5.32 Å². The first-order valence-electron chi connectivity index (χ1n) is 13.8. The third-order valence-corrected chi connectivity index (χ3v) is 8.16. The fourth-order valence-corrected chi connectivity index (χ4v) is 5.82. The third kappa shape index (κ3) is 7.74. The SMILES string of the molecule is C=N/C=C(C)\C(=N/c1ccc(C2CCN(C)CC2)cc1Cl)c1cc(C(CO)c2cccc(Cl)c2)n(CCNC=O)c1. The van der Waals surface area contributed by atoms with Gasteiger partial charge >= 0.3 is 0 Å². The number of halogens is 2. The van der Waals surface area contributed by atoms with E-state index in [0.717, 1.165) is 48.3 Å². The van der Waals surface area contributed by atoms with Crippen molar-refractivity contribution >= 4 is 47.7 Å². The molecule has 1 aromatic heterocycles. The van der Waals surface area contributed by atoms with Crippen molar-refractivity contribution in [2.75, 3.05) is 33.3 Å². The first-order valence-corrected chi connectivity index (χ1v) is 14.5. The highest BCUT2D eigenvalue weighted by Crippen LogP contribution is 2.35. The van der Waals surface area contributed by atoms with Crippen molar-refractivity contribution in [2.24, 2.45) is 9.98 Å². The number of aliphatic imine (C=N–C) groups is 2. The van der Waals surface area contributed by atoms with E-state index in [1.165, 1.54) is 5.56 Å². The zero-order valence-corrected chi connectivity index (χ0v) is 25.1. The zero-order valence-electron chi connectivity index (χ0n) is 23.6. The molecule has 0 saturated carbocycles. The topological polar surface area (TPSA) is 82.2 Å². The Morgan fingerprint density at radius 3 is 2.63 bits per heavy atom. The second kappa shape index (κ2) is 14.6. The predicted molar refractivity (Wildman–Crippen MR) is 169 cm³/mol. The van der Waals surface area contributed by atoms with Gasteiger partial charge in [0.1, 0.15) is 0 Å². The zero-order chi connectivity index (χ0) is 29.4. The van der Waals surface area contributed by atoms with Gasteiger partial charge in [-0.05, 0) is 99.6 Å². The molecule has 0 bridgehead atoms. The van der Waals surface area contributed by atoms with Crippen LogP contribution in [0.5, 0.6) is 0 Å². The number of benzene rings is 2. The molecule has 1 unspecified atom stereocenters. The Balaban J connectivity index is 1.77. The highest BCUT2D eigenvalue weighted by atomic mass is 35.5. The standard InChI is InChI=1S/C32H37Cl2N5O2/c1-22(18-35-2)32(37-30-8-7-24(16-29(30)34)23-9-12-38(3)13-10-23)26-17-31(39(19-26)14-11-36-21-41)28(20-40)25-5-4-6-27(33)15-25/h4-8,15-19,21,23,28,40H,2,9-14,20H2,1,3H3,(H,36,41)/b22-18-,37-32+. The van der Waals surface area contributed by atoms with E-state index in [1.54, 1.807) is 12.3 Å². The fourth-order valence-electron chi connectivity index (χ4n) is 5.39. The largest absolute Gasteiger partial charge is 0.395 e. The van der Waals surface area contributed by atoms with Crippen molar-refractivity contribution in [3.63, 3.8) is 0 Å². The molecule has 1 aliphatic heterocycles. The summed E-state index contributed by atoms with van der Waals surface area (Å²) >= 11 is 13.1. The number of carbonyl (C=O) groups is 1. The van der Waals surface area contributed by atoms with Crippen LogP contribution in [0.15, 0.2) is 76.5 Å². The summed E-state index contributed by atoms with van der Waals surface area (Å²) in [6.07, 6.45) is 6.56. The monoisotopic (exact) mass is 593 g/mol. The van der Waals surface area contributed by atoms with E-state index in [4.69, 9.17) is 28.2 Å². The van der Waals surface area contributed by atoms with Crippen LogP contribution in [0.25, 0.3) is 0 Å². The minimum absolute atomic E-state index is 0.120. The molecular formula is C32H37Cl2N5O2. The molecule has 2 heterocycles. The lowest BCUT2D eigenvalue weighted by Gasteiger charge is -2.29. The van der Waals surface area contributed by atoms with E-state index < -0.39 is 0 Å². The van der Waals surface area contributed by atoms with Crippen molar-refractivity contribution in [2.45, 2.75) is 38.1 Å². The summed E-state index contributed by atoms with van der Waals surface area (Å²) in [6.45, 7) is 8.53. The maximum atomic E-state index is 10.9. The quantitative estimate of drug-likeness (QED) is 0.149. The minimum Gasteiger partial charge on any atom is -0.395 e. The maximum Gasteiger partial charge on any atom is 0.207 e. The minimum atomic E-state index is -0.334. The second-order valence-electron chi connectivity index (χ2n) is 10.5. The Hall–Kier alpha value is -3.23. The summed E-state index contributed by atoms with van der Waals surface area (Å²) in [5.74, 6) is 0.158. The van der Waals surface area contributed by atoms with Gasteiger partial charge in [-0.3, -0.25) is 9.79 Å². The molecule has 216 valence electrons. The molecule has 0 radical (unpaired) electrons. The Labute approximate surface area is 252 Å². The molecule has 0 aliphatic carbocycles. The highest BCUT2D eigenvalue weighted by molar-refractivity contribution is 6.33. The summed E-state index contributed by atoms with van der Waals surface area (Å²) in [7, 11) is 2.16. The van der Waals surface area contributed by atoms with Gasteiger partial charge in [0.2, 0.25) is 6.41 Å². The average molecular weight is 595 g/mol. The lowest BCUT2D eigenvalue weighted by atomic mass is 9.89. The molecule has 1 aliphatic rings. The Morgan fingerprint density at radius 2 is 1.98 bits per heavy atom. The molecule has 4 rings (SSSR count). The molecule has 1 saturated heterocycles. The normalized spacial score (nSPS) is 16.0. The van der Waals surface area contributed by atoms with Gasteiger partial charge in [-0.1, -0.05) is 41.4 Å². The summed E-state index contributed by atoms with van der Waals surface area (Å²) in [5, 5.41) is 14.4. The van der Waals surface area contributed by atoms with E-state index in [-0.39, 0.29) is 12.5 Å². The number of allylic oxidation sites excluding steroid dienone is 1. The molecule has 7 nitrogen and oxygen atoms in total. The fraction of sp³-hybridized carbons (Fsp3) is 0.344. The van der Waals surface area contributed by atoms with Gasteiger partial charge in [-0.15, -0.1) is 0 Å². The lowest BCUT2D eigenvalue weighted by Crippen LogP contribution is -2.29. The molecule has 2 N–H and O–H groups in total. The average Bonchev–Trinajstić information content (AvgIpc) is 3.36. The molecular weight excluding hydrogens is 557 g/mol. The summed E-state index contributed by atoms with van der Waals surface area (Å²) in [4.78, 5) is 22.3. The molecule has 2 aromatic carbocycles. The van der Waals surface area contributed by atoms with Crippen LogP contribution in [0.3, 0.4) is 0 Å². The van der Waals surface area contributed by atoms with E-state index in [9.17, 15) is 9.90 Å². The Bertz CT molecular complexity index is 1420. The van der Waals surface area contributed by atoms with Crippen molar-refractivity contribution in [1.82, 2.24) is 14.8 Å². The highest BCUT2D eigenvalue weighted by Gasteiger charge is 2.22. The number of aromatic nitrogens is 1. The van der Waals surface area contributed by atoms with Gasteiger partial charge < -0.3 is 19.9 Å². The number of nitrogens with one attached hydrogen (secondary N) is 1. The number of aliphatic hydroxyl groups excluding tert-OH is 1. The van der Waals surface area contributed by atoms with Gasteiger partial charge in [0.25, 0.3) is 0 Å². The van der Waals surface area contributed by atoms with Crippen molar-refractivity contribution < 1.29 is 9.90 Å². The van der Waals surface area contributed by atoms with Crippen LogP contribution in [0.4, 0.5) is 5.69 Å². The smallest absolute Gasteiger partial charge is 0.207 e. The van der Waals surface area contributed by atoms with E-state index in [2.05, 4.69) is 35.0 Å². The summed E-state index contributed by atoms with van der Waals surface area (Å²) in [6, 6.07) is 15.7. The van der Waals surface area contributed by atoms with Gasteiger partial charge in [0.05, 0.1) is 23.0 Å². The maximum absolute atomic E-state index is 10.9. The molecule has 1 fully saturated rings. The number of carbonyl (C=O) groups excluding carboxylic acids is 1. The molecule has 41 heavy (non-hydrogen) atoms. The van der Waals surface area contributed by atoms with Crippen LogP contribution in [-0.2, 0) is 11.3 Å². The summed E-state index contributed by atoms with van der Waals surface area (Å²) in [5.41, 5.74) is 6.01. The molecule has 3 aromatic rings. The molecule has 0 spiro atoms. The molecule has 1 amide bonds. The Kier molecular flexibility index (Phi) is 10.9. The van der Waals surface area contributed by atoms with Gasteiger partial charge in [-0.25, -0.2) is 4.99 Å². The van der Waals surface area contributed by atoms with Crippen molar-refractivity contribution in [1.29, 1.82) is 0 Å². The number of likely N-dealkylation sites (tertiary alicyclic amines) is 1. The third-order valence-electron chi connectivity index (χ3n) is 7.63. The first-order chi connectivity index (χ1) is 19.8. The van der Waals surface area contributed by atoms with Crippen LogP contribution in [0.2, 0.25) is 10.0 Å². The number of hydrogen-bond donors (Lipinski definition) is 2. The lowest BCUT2D eigenvalue weighted by molar-refractivity contribution is -0.109. The van der Waals surface area contributed by atoms with Gasteiger partial charge in [0, 0.05) is 47.7 Å². The second-order valence-corrected chi connectivity index (χ2v) is 11.3. The Morgan fingerprint density at radius 1 is 1.20 bits per heavy atom. The van der Waals surface area contributed by atoms with Gasteiger partial charge in [-0.2, -0.15) is 0 Å². The van der Waals surface area contributed by atoms with Crippen LogP contribution in [0, 0.1) is 0 Å².